The lowest BCUT2D eigenvalue weighted by Crippen LogP contribution is -2.25. The van der Waals surface area contributed by atoms with Gasteiger partial charge in [-0.15, -0.1) is 0 Å². The van der Waals surface area contributed by atoms with E-state index in [-0.39, 0.29) is 23.2 Å². The molecule has 0 amide bonds. The minimum Gasteiger partial charge on any atom is -0.495 e. The summed E-state index contributed by atoms with van der Waals surface area (Å²) in [5.74, 6) is 0.387. The zero-order chi connectivity index (χ0) is 15.2. The molecule has 0 saturated carbocycles. The van der Waals surface area contributed by atoms with E-state index in [4.69, 9.17) is 21.4 Å². The quantitative estimate of drug-likeness (QED) is 0.718. The normalized spacial score (nSPS) is 13.2. The van der Waals surface area contributed by atoms with Gasteiger partial charge in [-0.05, 0) is 30.9 Å². The largest absolute Gasteiger partial charge is 0.495 e. The van der Waals surface area contributed by atoms with Crippen molar-refractivity contribution in [2.75, 3.05) is 20.3 Å². The highest BCUT2D eigenvalue weighted by molar-refractivity contribution is 7.89. The van der Waals surface area contributed by atoms with Crippen molar-refractivity contribution in [2.45, 2.75) is 24.7 Å². The first-order valence-corrected chi connectivity index (χ1v) is 8.21. The van der Waals surface area contributed by atoms with E-state index in [1.807, 2.05) is 6.92 Å². The molecule has 0 aliphatic rings. The van der Waals surface area contributed by atoms with Crippen LogP contribution >= 0.6 is 11.6 Å². The fourth-order valence-corrected chi connectivity index (χ4v) is 3.07. The summed E-state index contributed by atoms with van der Waals surface area (Å²) >= 11 is 5.80. The summed E-state index contributed by atoms with van der Waals surface area (Å²) in [4.78, 5) is 0.0691. The van der Waals surface area contributed by atoms with E-state index in [1.165, 1.54) is 25.3 Å². The Balaban J connectivity index is 2.69. The lowest BCUT2D eigenvalue weighted by molar-refractivity contribution is 0.228. The van der Waals surface area contributed by atoms with Crippen molar-refractivity contribution in [2.24, 2.45) is 5.92 Å². The number of rotatable bonds is 8. The molecule has 114 valence electrons. The number of ether oxygens (including phenoxy) is 1. The first-order valence-electron chi connectivity index (χ1n) is 6.34. The molecule has 0 saturated heterocycles. The SMILES string of the molecule is COc1cc(Cl)ccc1S(=O)(=O)NCCCC(C)CO. The summed E-state index contributed by atoms with van der Waals surface area (Å²) in [7, 11) is -2.22. The summed E-state index contributed by atoms with van der Waals surface area (Å²) in [6.45, 7) is 2.34. The Morgan fingerprint density at radius 3 is 2.75 bits per heavy atom. The molecule has 0 aromatic heterocycles. The molecular formula is C13H20ClNO4S. The lowest BCUT2D eigenvalue weighted by Gasteiger charge is -2.12. The van der Waals surface area contributed by atoms with Crippen LogP contribution in [0.3, 0.4) is 0 Å². The molecule has 20 heavy (non-hydrogen) atoms. The minimum atomic E-state index is -3.62. The van der Waals surface area contributed by atoms with Crippen LogP contribution in [-0.4, -0.2) is 33.8 Å². The Kier molecular flexibility index (Phi) is 6.75. The number of nitrogens with one attached hydrogen (secondary N) is 1. The van der Waals surface area contributed by atoms with E-state index in [0.29, 0.717) is 18.0 Å². The minimum absolute atomic E-state index is 0.0691. The highest BCUT2D eigenvalue weighted by atomic mass is 35.5. The van der Waals surface area contributed by atoms with Crippen LogP contribution in [0.1, 0.15) is 19.8 Å². The standard InChI is InChI=1S/C13H20ClNO4S/c1-10(9-16)4-3-7-15-20(17,18)13-6-5-11(14)8-12(13)19-2/h5-6,8,10,15-16H,3-4,7,9H2,1-2H3. The van der Waals surface area contributed by atoms with Crippen LogP contribution in [0.15, 0.2) is 23.1 Å². The summed E-state index contributed by atoms with van der Waals surface area (Å²) < 4.78 is 31.9. The van der Waals surface area contributed by atoms with E-state index in [1.54, 1.807) is 0 Å². The predicted octanol–water partition coefficient (Wildman–Crippen LogP) is 2.04. The van der Waals surface area contributed by atoms with Gasteiger partial charge in [0.05, 0.1) is 7.11 Å². The molecule has 0 aliphatic heterocycles. The van der Waals surface area contributed by atoms with Gasteiger partial charge in [0.1, 0.15) is 10.6 Å². The second-order valence-electron chi connectivity index (χ2n) is 4.62. The fraction of sp³-hybridized carbons (Fsp3) is 0.538. The van der Waals surface area contributed by atoms with Crippen LogP contribution in [0, 0.1) is 5.92 Å². The number of hydrogen-bond donors (Lipinski definition) is 2. The Hall–Kier alpha value is -0.820. The molecule has 0 heterocycles. The molecule has 0 aliphatic carbocycles. The number of hydrogen-bond acceptors (Lipinski definition) is 4. The maximum atomic E-state index is 12.2. The van der Waals surface area contributed by atoms with Crippen molar-refractivity contribution in [3.05, 3.63) is 23.2 Å². The molecule has 7 heteroatoms. The van der Waals surface area contributed by atoms with Gasteiger partial charge in [-0.25, -0.2) is 13.1 Å². The average molecular weight is 322 g/mol. The Labute approximate surface area is 125 Å². The van der Waals surface area contributed by atoms with E-state index < -0.39 is 10.0 Å². The highest BCUT2D eigenvalue weighted by Crippen LogP contribution is 2.26. The van der Waals surface area contributed by atoms with Gasteiger partial charge in [0.25, 0.3) is 0 Å². The van der Waals surface area contributed by atoms with Crippen LogP contribution in [0.4, 0.5) is 0 Å². The summed E-state index contributed by atoms with van der Waals surface area (Å²) in [6, 6.07) is 4.39. The van der Waals surface area contributed by atoms with Gasteiger partial charge in [-0.2, -0.15) is 0 Å². The molecule has 1 aromatic rings. The van der Waals surface area contributed by atoms with Crippen LogP contribution in [0.2, 0.25) is 5.02 Å². The molecule has 1 aromatic carbocycles. The van der Waals surface area contributed by atoms with Crippen LogP contribution in [-0.2, 0) is 10.0 Å². The van der Waals surface area contributed by atoms with E-state index in [0.717, 1.165) is 6.42 Å². The number of benzene rings is 1. The zero-order valence-corrected chi connectivity index (χ0v) is 13.2. The van der Waals surface area contributed by atoms with Crippen molar-refractivity contribution in [3.63, 3.8) is 0 Å². The molecule has 1 rings (SSSR count). The van der Waals surface area contributed by atoms with Crippen LogP contribution in [0.5, 0.6) is 5.75 Å². The van der Waals surface area contributed by atoms with E-state index in [9.17, 15) is 8.42 Å². The molecule has 0 bridgehead atoms. The molecule has 0 radical (unpaired) electrons. The van der Waals surface area contributed by atoms with Gasteiger partial charge in [-0.3, -0.25) is 0 Å². The van der Waals surface area contributed by atoms with Crippen molar-refractivity contribution in [3.8, 4) is 5.75 Å². The second-order valence-corrected chi connectivity index (χ2v) is 6.79. The smallest absolute Gasteiger partial charge is 0.244 e. The number of aliphatic hydroxyl groups is 1. The third-order valence-electron chi connectivity index (χ3n) is 2.89. The second kappa shape index (κ2) is 7.83. The van der Waals surface area contributed by atoms with Gasteiger partial charge in [0, 0.05) is 24.2 Å². The van der Waals surface area contributed by atoms with Gasteiger partial charge in [-0.1, -0.05) is 18.5 Å². The van der Waals surface area contributed by atoms with Crippen LogP contribution < -0.4 is 9.46 Å². The van der Waals surface area contributed by atoms with Crippen molar-refractivity contribution in [1.82, 2.24) is 4.72 Å². The zero-order valence-electron chi connectivity index (χ0n) is 11.6. The molecular weight excluding hydrogens is 302 g/mol. The summed E-state index contributed by atoms with van der Waals surface area (Å²) in [5, 5.41) is 9.31. The lowest BCUT2D eigenvalue weighted by atomic mass is 10.1. The van der Waals surface area contributed by atoms with E-state index in [2.05, 4.69) is 4.72 Å². The third-order valence-corrected chi connectivity index (χ3v) is 4.63. The Bertz CT molecular complexity index is 533. The van der Waals surface area contributed by atoms with E-state index >= 15 is 0 Å². The number of sulfonamides is 1. The number of aliphatic hydroxyl groups excluding tert-OH is 1. The molecule has 2 N–H and O–H groups in total. The van der Waals surface area contributed by atoms with Crippen LogP contribution in [0.25, 0.3) is 0 Å². The Morgan fingerprint density at radius 2 is 2.15 bits per heavy atom. The fourth-order valence-electron chi connectivity index (χ4n) is 1.69. The third kappa shape index (κ3) is 4.94. The molecule has 5 nitrogen and oxygen atoms in total. The van der Waals surface area contributed by atoms with Gasteiger partial charge in [0.2, 0.25) is 10.0 Å². The van der Waals surface area contributed by atoms with Gasteiger partial charge in [0.15, 0.2) is 0 Å². The highest BCUT2D eigenvalue weighted by Gasteiger charge is 2.19. The van der Waals surface area contributed by atoms with Crippen molar-refractivity contribution >= 4 is 21.6 Å². The summed E-state index contributed by atoms with van der Waals surface area (Å²) in [6.07, 6.45) is 1.42. The molecule has 1 atom stereocenters. The number of methoxy groups -OCH3 is 1. The first-order chi connectivity index (χ1) is 9.40. The topological polar surface area (TPSA) is 75.6 Å². The predicted molar refractivity (Wildman–Crippen MR) is 78.7 cm³/mol. The van der Waals surface area contributed by atoms with Crippen molar-refractivity contribution < 1.29 is 18.3 Å². The summed E-state index contributed by atoms with van der Waals surface area (Å²) in [5.41, 5.74) is 0. The average Bonchev–Trinajstić information content (AvgIpc) is 2.42. The molecule has 1 unspecified atom stereocenters. The monoisotopic (exact) mass is 321 g/mol. The van der Waals surface area contributed by atoms with Gasteiger partial charge >= 0.3 is 0 Å². The molecule has 0 spiro atoms. The molecule has 0 fully saturated rings. The maximum absolute atomic E-state index is 12.2. The number of halogens is 1. The maximum Gasteiger partial charge on any atom is 0.244 e. The van der Waals surface area contributed by atoms with Crippen molar-refractivity contribution in [1.29, 1.82) is 0 Å². The Morgan fingerprint density at radius 1 is 1.45 bits per heavy atom. The van der Waals surface area contributed by atoms with Gasteiger partial charge < -0.3 is 9.84 Å². The first kappa shape index (κ1) is 17.2.